The summed E-state index contributed by atoms with van der Waals surface area (Å²) in [5.41, 5.74) is 6.81. The Balaban J connectivity index is 1.91. The number of hydrogen-bond donors (Lipinski definition) is 1. The van der Waals surface area contributed by atoms with Gasteiger partial charge >= 0.3 is 0 Å². The second-order valence-electron chi connectivity index (χ2n) is 4.49. The third-order valence-corrected chi connectivity index (χ3v) is 3.13. The third-order valence-electron chi connectivity index (χ3n) is 3.13. The number of carbonyl (C=O) groups excluding carboxylic acids is 2. The van der Waals surface area contributed by atoms with E-state index in [-0.39, 0.29) is 11.8 Å². The summed E-state index contributed by atoms with van der Waals surface area (Å²) >= 11 is 0. The lowest BCUT2D eigenvalue weighted by Gasteiger charge is -2.13. The van der Waals surface area contributed by atoms with Gasteiger partial charge in [0.15, 0.2) is 0 Å². The Bertz CT molecular complexity index is 516. The van der Waals surface area contributed by atoms with Crippen LogP contribution in [-0.4, -0.2) is 50.2 Å². The van der Waals surface area contributed by atoms with Crippen molar-refractivity contribution in [1.82, 2.24) is 4.90 Å². The lowest BCUT2D eigenvalue weighted by atomic mass is 10.1. The number of benzene rings is 1. The molecule has 0 fully saturated rings. The topological polar surface area (TPSA) is 81.9 Å². The Morgan fingerprint density at radius 3 is 2.65 bits per heavy atom. The summed E-state index contributed by atoms with van der Waals surface area (Å²) < 4.78 is 10.2. The molecule has 0 saturated carbocycles. The molecule has 6 nitrogen and oxygen atoms in total. The Labute approximate surface area is 117 Å². The summed E-state index contributed by atoms with van der Waals surface area (Å²) in [6.45, 7) is 1.85. The molecule has 1 heterocycles. The number of nitrogen functional groups attached to an aromatic ring is 1. The zero-order chi connectivity index (χ0) is 14.5. The minimum Gasteiger partial charge on any atom is -0.398 e. The normalized spacial score (nSPS) is 13.9. The Kier molecular flexibility index (Phi) is 4.70. The van der Waals surface area contributed by atoms with Crippen molar-refractivity contribution in [2.45, 2.75) is 6.42 Å². The lowest BCUT2D eigenvalue weighted by molar-refractivity contribution is 0.0558. The molecule has 2 amide bonds. The largest absolute Gasteiger partial charge is 0.398 e. The first-order valence-electron chi connectivity index (χ1n) is 6.48. The highest BCUT2D eigenvalue weighted by Crippen LogP contribution is 2.27. The van der Waals surface area contributed by atoms with Gasteiger partial charge in [0.2, 0.25) is 0 Å². The van der Waals surface area contributed by atoms with Crippen molar-refractivity contribution >= 4 is 17.5 Å². The number of rotatable bonds is 7. The van der Waals surface area contributed by atoms with E-state index in [1.807, 2.05) is 0 Å². The van der Waals surface area contributed by atoms with Crippen LogP contribution in [0.4, 0.5) is 5.69 Å². The van der Waals surface area contributed by atoms with E-state index < -0.39 is 0 Å². The average Bonchev–Trinajstić information content (AvgIpc) is 2.68. The fourth-order valence-electron chi connectivity index (χ4n) is 2.13. The van der Waals surface area contributed by atoms with Gasteiger partial charge in [-0.3, -0.25) is 14.5 Å². The number of imide groups is 1. The van der Waals surface area contributed by atoms with E-state index in [1.54, 1.807) is 25.3 Å². The number of amides is 2. The molecule has 0 saturated heterocycles. The molecule has 20 heavy (non-hydrogen) atoms. The summed E-state index contributed by atoms with van der Waals surface area (Å²) in [6.07, 6.45) is 0.592. The molecule has 0 radical (unpaired) electrons. The molecule has 2 rings (SSSR count). The first-order chi connectivity index (χ1) is 9.66. The van der Waals surface area contributed by atoms with Crippen LogP contribution in [0.3, 0.4) is 0 Å². The van der Waals surface area contributed by atoms with Gasteiger partial charge in [0.25, 0.3) is 11.8 Å². The monoisotopic (exact) mass is 278 g/mol. The summed E-state index contributed by atoms with van der Waals surface area (Å²) in [6, 6.07) is 4.93. The molecule has 0 atom stereocenters. The molecule has 0 unspecified atom stereocenters. The van der Waals surface area contributed by atoms with Crippen LogP contribution in [0.15, 0.2) is 18.2 Å². The Hall–Kier alpha value is -1.92. The van der Waals surface area contributed by atoms with Gasteiger partial charge in [0.1, 0.15) is 0 Å². The predicted octanol–water partition coefficient (Wildman–Crippen LogP) is 0.918. The van der Waals surface area contributed by atoms with E-state index in [0.29, 0.717) is 49.6 Å². The van der Waals surface area contributed by atoms with Gasteiger partial charge in [-0.25, -0.2) is 0 Å². The molecular formula is C14H18N2O4. The maximum absolute atomic E-state index is 12.2. The van der Waals surface area contributed by atoms with Crippen LogP contribution in [0.25, 0.3) is 0 Å². The molecule has 0 bridgehead atoms. The van der Waals surface area contributed by atoms with Crippen molar-refractivity contribution in [2.75, 3.05) is 39.2 Å². The number of anilines is 1. The maximum atomic E-state index is 12.2. The van der Waals surface area contributed by atoms with Crippen molar-refractivity contribution in [3.05, 3.63) is 29.3 Å². The van der Waals surface area contributed by atoms with Gasteiger partial charge in [0.05, 0.1) is 24.3 Å². The molecule has 6 heteroatoms. The first kappa shape index (κ1) is 14.5. The molecule has 0 aliphatic carbocycles. The molecule has 1 aromatic rings. The van der Waals surface area contributed by atoms with Crippen molar-refractivity contribution < 1.29 is 19.1 Å². The van der Waals surface area contributed by atoms with Crippen molar-refractivity contribution in [3.8, 4) is 0 Å². The second kappa shape index (κ2) is 6.49. The Morgan fingerprint density at radius 1 is 1.15 bits per heavy atom. The highest BCUT2D eigenvalue weighted by atomic mass is 16.5. The summed E-state index contributed by atoms with van der Waals surface area (Å²) in [7, 11) is 1.60. The van der Waals surface area contributed by atoms with Crippen LogP contribution in [0.2, 0.25) is 0 Å². The highest BCUT2D eigenvalue weighted by molar-refractivity contribution is 6.23. The summed E-state index contributed by atoms with van der Waals surface area (Å²) in [5, 5.41) is 0. The smallest absolute Gasteiger partial charge is 0.263 e. The standard InChI is InChI=1S/C14H18N2O4/c1-19-8-9-20-7-3-6-16-13(17)10-4-2-5-11(15)12(10)14(16)18/h2,4-5H,3,6-9,15H2,1H3. The van der Waals surface area contributed by atoms with E-state index in [2.05, 4.69) is 0 Å². The molecule has 0 aromatic heterocycles. The van der Waals surface area contributed by atoms with Gasteiger partial charge in [-0.1, -0.05) is 6.07 Å². The minimum absolute atomic E-state index is 0.283. The first-order valence-corrected chi connectivity index (χ1v) is 6.48. The van der Waals surface area contributed by atoms with Crippen LogP contribution in [0.5, 0.6) is 0 Å². The van der Waals surface area contributed by atoms with Crippen LogP contribution in [-0.2, 0) is 9.47 Å². The van der Waals surface area contributed by atoms with Crippen molar-refractivity contribution in [3.63, 3.8) is 0 Å². The maximum Gasteiger partial charge on any atom is 0.263 e. The molecular weight excluding hydrogens is 260 g/mol. The zero-order valence-corrected chi connectivity index (χ0v) is 11.4. The number of methoxy groups -OCH3 is 1. The van der Waals surface area contributed by atoms with Gasteiger partial charge in [-0.05, 0) is 18.6 Å². The molecule has 1 aliphatic heterocycles. The number of carbonyl (C=O) groups is 2. The fourth-order valence-corrected chi connectivity index (χ4v) is 2.13. The molecule has 0 spiro atoms. The third kappa shape index (κ3) is 2.81. The zero-order valence-electron chi connectivity index (χ0n) is 11.4. The SMILES string of the molecule is COCCOCCCN1C(=O)c2cccc(N)c2C1=O. The van der Waals surface area contributed by atoms with E-state index in [0.717, 1.165) is 0 Å². The number of ether oxygens (including phenoxy) is 2. The minimum atomic E-state index is -0.319. The van der Waals surface area contributed by atoms with E-state index >= 15 is 0 Å². The van der Waals surface area contributed by atoms with Gasteiger partial charge < -0.3 is 15.2 Å². The lowest BCUT2D eigenvalue weighted by Crippen LogP contribution is -2.31. The molecule has 1 aliphatic rings. The fraction of sp³-hybridized carbons (Fsp3) is 0.429. The number of nitrogens with two attached hydrogens (primary N) is 1. The van der Waals surface area contributed by atoms with Gasteiger partial charge in [-0.2, -0.15) is 0 Å². The number of fused-ring (bicyclic) bond motifs is 1. The molecule has 108 valence electrons. The second-order valence-corrected chi connectivity index (χ2v) is 4.49. The summed E-state index contributed by atoms with van der Waals surface area (Å²) in [5.74, 6) is -0.603. The van der Waals surface area contributed by atoms with Crippen LogP contribution >= 0.6 is 0 Å². The number of nitrogens with zero attached hydrogens (tertiary/aromatic N) is 1. The highest BCUT2D eigenvalue weighted by Gasteiger charge is 2.36. The van der Waals surface area contributed by atoms with Crippen LogP contribution < -0.4 is 5.73 Å². The predicted molar refractivity (Wildman–Crippen MR) is 73.5 cm³/mol. The van der Waals surface area contributed by atoms with Crippen LogP contribution in [0.1, 0.15) is 27.1 Å². The van der Waals surface area contributed by atoms with Crippen molar-refractivity contribution in [1.29, 1.82) is 0 Å². The van der Waals surface area contributed by atoms with E-state index in [9.17, 15) is 9.59 Å². The van der Waals surface area contributed by atoms with E-state index in [1.165, 1.54) is 4.90 Å². The van der Waals surface area contributed by atoms with Crippen LogP contribution in [0, 0.1) is 0 Å². The van der Waals surface area contributed by atoms with Crippen molar-refractivity contribution in [2.24, 2.45) is 0 Å². The molecule has 2 N–H and O–H groups in total. The van der Waals surface area contributed by atoms with Gasteiger partial charge in [0, 0.05) is 25.9 Å². The average molecular weight is 278 g/mol. The Morgan fingerprint density at radius 2 is 1.95 bits per heavy atom. The number of hydrogen-bond acceptors (Lipinski definition) is 5. The quantitative estimate of drug-likeness (QED) is 0.455. The van der Waals surface area contributed by atoms with Gasteiger partial charge in [-0.15, -0.1) is 0 Å². The molecule has 1 aromatic carbocycles. The van der Waals surface area contributed by atoms with E-state index in [4.69, 9.17) is 15.2 Å². The summed E-state index contributed by atoms with van der Waals surface area (Å²) in [4.78, 5) is 25.5.